The SMILES string of the molecule is [Ir].[c-]1ccccc1.c1ccc2cnccc2c1. The molecule has 0 N–H and O–H groups in total. The van der Waals surface area contributed by atoms with Crippen molar-refractivity contribution < 1.29 is 20.1 Å². The molecule has 1 radical (unpaired) electrons. The normalized spacial score (nSPS) is 8.71. The molecule has 0 saturated carbocycles. The van der Waals surface area contributed by atoms with E-state index >= 15 is 0 Å². The number of pyridine rings is 1. The largest absolute Gasteiger partial charge is 0.264 e. The monoisotopic (exact) mass is 399 g/mol. The van der Waals surface area contributed by atoms with E-state index in [0.717, 1.165) is 0 Å². The standard InChI is InChI=1S/C9H7N.C6H5.Ir/c1-2-4-9-7-10-6-5-8(9)3-1;1-2-4-6-5-3-1;/h1-7H;1-5H;/q;-1;. The maximum Gasteiger partial charge on any atom is 0.0346 e. The molecule has 3 rings (SSSR count). The molecule has 0 fully saturated rings. The van der Waals surface area contributed by atoms with Gasteiger partial charge in [-0.1, -0.05) is 24.3 Å². The van der Waals surface area contributed by atoms with E-state index in [0.29, 0.717) is 0 Å². The first kappa shape index (κ1) is 13.6. The van der Waals surface area contributed by atoms with Crippen molar-refractivity contribution in [1.29, 1.82) is 0 Å². The first-order valence-corrected chi connectivity index (χ1v) is 5.17. The van der Waals surface area contributed by atoms with Crippen LogP contribution < -0.4 is 0 Å². The summed E-state index contributed by atoms with van der Waals surface area (Å²) in [5.41, 5.74) is 0. The number of rotatable bonds is 0. The van der Waals surface area contributed by atoms with Crippen molar-refractivity contribution in [3.63, 3.8) is 0 Å². The summed E-state index contributed by atoms with van der Waals surface area (Å²) < 4.78 is 0. The van der Waals surface area contributed by atoms with Crippen molar-refractivity contribution in [2.24, 2.45) is 0 Å². The van der Waals surface area contributed by atoms with Gasteiger partial charge in [-0.3, -0.25) is 4.98 Å². The Hall–Kier alpha value is -1.50. The summed E-state index contributed by atoms with van der Waals surface area (Å²) in [5.74, 6) is 0. The first-order valence-electron chi connectivity index (χ1n) is 5.17. The Labute approximate surface area is 115 Å². The van der Waals surface area contributed by atoms with Gasteiger partial charge in [0, 0.05) is 32.5 Å². The average molecular weight is 398 g/mol. The van der Waals surface area contributed by atoms with Crippen molar-refractivity contribution in [3.8, 4) is 0 Å². The molecule has 0 aliphatic carbocycles. The molecule has 17 heavy (non-hydrogen) atoms. The Morgan fingerprint density at radius 1 is 0.765 bits per heavy atom. The number of benzene rings is 2. The van der Waals surface area contributed by atoms with Crippen LogP contribution in [0.1, 0.15) is 0 Å². The van der Waals surface area contributed by atoms with Gasteiger partial charge >= 0.3 is 0 Å². The molecular weight excluding hydrogens is 386 g/mol. The summed E-state index contributed by atoms with van der Waals surface area (Å²) in [7, 11) is 0. The Kier molecular flexibility index (Phi) is 6.16. The third-order valence-corrected chi connectivity index (χ3v) is 2.16. The molecule has 0 atom stereocenters. The van der Waals surface area contributed by atoms with E-state index in [9.17, 15) is 0 Å². The van der Waals surface area contributed by atoms with Crippen molar-refractivity contribution in [2.45, 2.75) is 0 Å². The van der Waals surface area contributed by atoms with E-state index in [1.807, 2.05) is 60.9 Å². The van der Waals surface area contributed by atoms with Gasteiger partial charge in [0.1, 0.15) is 0 Å². The van der Waals surface area contributed by atoms with Crippen LogP contribution in [0.3, 0.4) is 0 Å². The number of aromatic nitrogens is 1. The van der Waals surface area contributed by atoms with Crippen LogP contribution in [0.2, 0.25) is 0 Å². The van der Waals surface area contributed by atoms with Gasteiger partial charge in [0.2, 0.25) is 0 Å². The molecule has 0 aliphatic heterocycles. The second kappa shape index (κ2) is 7.72. The molecule has 2 aromatic carbocycles. The molecule has 87 valence electrons. The molecule has 0 amide bonds. The van der Waals surface area contributed by atoms with Gasteiger partial charge in [0.05, 0.1) is 0 Å². The number of hydrogen-bond donors (Lipinski definition) is 0. The zero-order chi connectivity index (χ0) is 11.1. The van der Waals surface area contributed by atoms with E-state index in [1.54, 1.807) is 0 Å². The van der Waals surface area contributed by atoms with Gasteiger partial charge in [-0.05, 0) is 16.8 Å². The van der Waals surface area contributed by atoms with Crippen molar-refractivity contribution in [2.75, 3.05) is 0 Å². The van der Waals surface area contributed by atoms with Crippen molar-refractivity contribution in [3.05, 3.63) is 79.1 Å². The Morgan fingerprint density at radius 2 is 1.47 bits per heavy atom. The number of nitrogens with zero attached hydrogens (tertiary/aromatic N) is 1. The quantitative estimate of drug-likeness (QED) is 0.526. The Balaban J connectivity index is 0.000000180. The second-order valence-corrected chi connectivity index (χ2v) is 3.30. The second-order valence-electron chi connectivity index (χ2n) is 3.30. The molecule has 0 unspecified atom stereocenters. The molecular formula is C15H12IrN-. The molecule has 0 spiro atoms. The summed E-state index contributed by atoms with van der Waals surface area (Å²) in [6.45, 7) is 0. The summed E-state index contributed by atoms with van der Waals surface area (Å²) in [6.07, 6.45) is 3.68. The molecule has 3 aromatic rings. The fraction of sp³-hybridized carbons (Fsp3) is 0. The molecule has 0 saturated heterocycles. The Morgan fingerprint density at radius 3 is 2.00 bits per heavy atom. The summed E-state index contributed by atoms with van der Waals surface area (Å²) in [6, 6.07) is 22.7. The van der Waals surface area contributed by atoms with Gasteiger partial charge in [0.25, 0.3) is 0 Å². The van der Waals surface area contributed by atoms with Crippen LogP contribution in [0.5, 0.6) is 0 Å². The zero-order valence-electron chi connectivity index (χ0n) is 9.21. The maximum atomic E-state index is 4.01. The van der Waals surface area contributed by atoms with E-state index in [2.05, 4.69) is 23.2 Å². The van der Waals surface area contributed by atoms with Gasteiger partial charge in [0.15, 0.2) is 0 Å². The minimum atomic E-state index is 0. The summed E-state index contributed by atoms with van der Waals surface area (Å²) >= 11 is 0. The minimum Gasteiger partial charge on any atom is -0.264 e. The van der Waals surface area contributed by atoms with Crippen LogP contribution in [0.25, 0.3) is 10.8 Å². The van der Waals surface area contributed by atoms with E-state index in [-0.39, 0.29) is 20.1 Å². The summed E-state index contributed by atoms with van der Waals surface area (Å²) in [4.78, 5) is 4.01. The number of fused-ring (bicyclic) bond motifs is 1. The van der Waals surface area contributed by atoms with Crippen LogP contribution in [0, 0.1) is 6.07 Å². The summed E-state index contributed by atoms with van der Waals surface area (Å²) in [5, 5.41) is 2.45. The fourth-order valence-corrected chi connectivity index (χ4v) is 1.37. The van der Waals surface area contributed by atoms with E-state index < -0.39 is 0 Å². The minimum absolute atomic E-state index is 0. The maximum absolute atomic E-state index is 4.01. The topological polar surface area (TPSA) is 12.9 Å². The predicted molar refractivity (Wildman–Crippen MR) is 67.0 cm³/mol. The van der Waals surface area contributed by atoms with Gasteiger partial charge in [-0.2, -0.15) is 36.4 Å². The predicted octanol–water partition coefficient (Wildman–Crippen LogP) is 3.72. The van der Waals surface area contributed by atoms with Crippen LogP contribution in [-0.2, 0) is 20.1 Å². The molecule has 1 nitrogen and oxygen atoms in total. The fourth-order valence-electron chi connectivity index (χ4n) is 1.37. The number of hydrogen-bond acceptors (Lipinski definition) is 1. The first-order chi connectivity index (χ1) is 7.97. The Bertz CT molecular complexity index is 445. The molecule has 0 bridgehead atoms. The van der Waals surface area contributed by atoms with Gasteiger partial charge in [-0.15, -0.1) is 0 Å². The average Bonchev–Trinajstić information content (AvgIpc) is 2.42. The zero-order valence-corrected chi connectivity index (χ0v) is 11.6. The van der Waals surface area contributed by atoms with Gasteiger partial charge < -0.3 is 0 Å². The molecule has 2 heteroatoms. The van der Waals surface area contributed by atoms with Crippen LogP contribution in [-0.4, -0.2) is 4.98 Å². The third kappa shape index (κ3) is 4.47. The van der Waals surface area contributed by atoms with Crippen LogP contribution >= 0.6 is 0 Å². The van der Waals surface area contributed by atoms with E-state index in [4.69, 9.17) is 0 Å². The molecule has 1 aromatic heterocycles. The van der Waals surface area contributed by atoms with Crippen molar-refractivity contribution >= 4 is 10.8 Å². The smallest absolute Gasteiger partial charge is 0.0346 e. The van der Waals surface area contributed by atoms with E-state index in [1.165, 1.54) is 10.8 Å². The molecule has 1 heterocycles. The van der Waals surface area contributed by atoms with Crippen LogP contribution in [0.4, 0.5) is 0 Å². The van der Waals surface area contributed by atoms with Crippen molar-refractivity contribution in [1.82, 2.24) is 4.98 Å². The van der Waals surface area contributed by atoms with Crippen LogP contribution in [0.15, 0.2) is 73.1 Å². The molecule has 0 aliphatic rings. The third-order valence-electron chi connectivity index (χ3n) is 2.16. The van der Waals surface area contributed by atoms with Gasteiger partial charge in [-0.25, -0.2) is 0 Å².